The molecule has 0 spiro atoms. The number of anilines is 1. The van der Waals surface area contributed by atoms with E-state index in [-0.39, 0.29) is 18.0 Å². The summed E-state index contributed by atoms with van der Waals surface area (Å²) >= 11 is 0. The zero-order chi connectivity index (χ0) is 17.2. The lowest BCUT2D eigenvalue weighted by Gasteiger charge is -2.15. The van der Waals surface area contributed by atoms with Crippen molar-refractivity contribution in [1.29, 1.82) is 0 Å². The summed E-state index contributed by atoms with van der Waals surface area (Å²) in [5.74, 6) is 0.0475. The first-order valence-corrected chi connectivity index (χ1v) is 6.91. The van der Waals surface area contributed by atoms with Gasteiger partial charge in [-0.3, -0.25) is 4.79 Å². The molecule has 0 aliphatic rings. The van der Waals surface area contributed by atoms with Gasteiger partial charge in [-0.05, 0) is 0 Å². The molecule has 2 N–H and O–H groups in total. The monoisotopic (exact) mass is 326 g/mol. The highest BCUT2D eigenvalue weighted by atomic mass is 16.5. The van der Waals surface area contributed by atoms with Crippen LogP contribution in [0.15, 0.2) is 12.1 Å². The van der Waals surface area contributed by atoms with Gasteiger partial charge in [0.15, 0.2) is 11.5 Å². The predicted molar refractivity (Wildman–Crippen MR) is 84.3 cm³/mol. The molecule has 0 aliphatic carbocycles. The SMILES string of the molecule is COCCNC(=O)CNc1cc(OC)c(OC)cc1C(=O)OC. The van der Waals surface area contributed by atoms with Crippen LogP contribution in [-0.4, -0.2) is 60.0 Å². The highest BCUT2D eigenvalue weighted by Crippen LogP contribution is 2.33. The maximum Gasteiger partial charge on any atom is 0.340 e. The second-order valence-electron chi connectivity index (χ2n) is 4.44. The number of hydrogen-bond acceptors (Lipinski definition) is 7. The first-order chi connectivity index (χ1) is 11.1. The number of esters is 1. The van der Waals surface area contributed by atoms with E-state index in [1.165, 1.54) is 27.4 Å². The first kappa shape index (κ1) is 18.6. The van der Waals surface area contributed by atoms with E-state index in [2.05, 4.69) is 10.6 Å². The maximum absolute atomic E-state index is 11.9. The Morgan fingerprint density at radius 3 is 2.26 bits per heavy atom. The summed E-state index contributed by atoms with van der Waals surface area (Å²) in [6.07, 6.45) is 0. The van der Waals surface area contributed by atoms with Crippen LogP contribution in [0.1, 0.15) is 10.4 Å². The number of nitrogens with one attached hydrogen (secondary N) is 2. The van der Waals surface area contributed by atoms with Crippen molar-refractivity contribution in [2.75, 3.05) is 53.5 Å². The van der Waals surface area contributed by atoms with Crippen molar-refractivity contribution in [2.45, 2.75) is 0 Å². The van der Waals surface area contributed by atoms with E-state index in [4.69, 9.17) is 18.9 Å². The van der Waals surface area contributed by atoms with E-state index in [1.807, 2.05) is 0 Å². The Labute approximate surface area is 135 Å². The van der Waals surface area contributed by atoms with Crippen molar-refractivity contribution in [2.24, 2.45) is 0 Å². The zero-order valence-electron chi connectivity index (χ0n) is 13.7. The smallest absolute Gasteiger partial charge is 0.340 e. The molecule has 0 saturated heterocycles. The minimum Gasteiger partial charge on any atom is -0.493 e. The molecule has 8 heteroatoms. The molecule has 0 fully saturated rings. The second kappa shape index (κ2) is 9.52. The van der Waals surface area contributed by atoms with Crippen LogP contribution < -0.4 is 20.1 Å². The van der Waals surface area contributed by atoms with Crippen LogP contribution >= 0.6 is 0 Å². The van der Waals surface area contributed by atoms with Gasteiger partial charge in [-0.25, -0.2) is 4.79 Å². The molecule has 1 rings (SSSR count). The molecular weight excluding hydrogens is 304 g/mol. The van der Waals surface area contributed by atoms with Crippen LogP contribution in [0, 0.1) is 0 Å². The summed E-state index contributed by atoms with van der Waals surface area (Å²) in [4.78, 5) is 23.6. The molecule has 23 heavy (non-hydrogen) atoms. The summed E-state index contributed by atoms with van der Waals surface area (Å²) in [7, 11) is 5.78. The van der Waals surface area contributed by atoms with Gasteiger partial charge in [0.1, 0.15) is 0 Å². The number of benzene rings is 1. The standard InChI is InChI=1S/C15H22N2O6/c1-20-6-5-16-14(18)9-17-11-8-13(22-3)12(21-2)7-10(11)15(19)23-4/h7-8,17H,5-6,9H2,1-4H3,(H,16,18). The number of amides is 1. The molecule has 0 heterocycles. The molecule has 0 aliphatic heterocycles. The van der Waals surface area contributed by atoms with E-state index in [0.717, 1.165) is 0 Å². The van der Waals surface area contributed by atoms with Gasteiger partial charge in [-0.1, -0.05) is 0 Å². The molecule has 0 saturated carbocycles. The highest BCUT2D eigenvalue weighted by molar-refractivity contribution is 5.97. The molecule has 8 nitrogen and oxygen atoms in total. The molecule has 0 bridgehead atoms. The van der Waals surface area contributed by atoms with Gasteiger partial charge in [0.25, 0.3) is 0 Å². The second-order valence-corrected chi connectivity index (χ2v) is 4.44. The molecule has 0 radical (unpaired) electrons. The number of rotatable bonds is 9. The average molecular weight is 326 g/mol. The normalized spacial score (nSPS) is 9.91. The summed E-state index contributed by atoms with van der Waals surface area (Å²) < 4.78 is 20.0. The van der Waals surface area contributed by atoms with Crippen LogP contribution in [0.5, 0.6) is 11.5 Å². The highest BCUT2D eigenvalue weighted by Gasteiger charge is 2.18. The lowest BCUT2D eigenvalue weighted by atomic mass is 10.1. The summed E-state index contributed by atoms with van der Waals surface area (Å²) in [6.45, 7) is 0.825. The predicted octanol–water partition coefficient (Wildman–Crippen LogP) is 0.665. The van der Waals surface area contributed by atoms with Gasteiger partial charge >= 0.3 is 5.97 Å². The van der Waals surface area contributed by atoms with E-state index in [9.17, 15) is 9.59 Å². The van der Waals surface area contributed by atoms with Crippen molar-refractivity contribution in [3.8, 4) is 11.5 Å². The van der Waals surface area contributed by atoms with Gasteiger partial charge in [-0.2, -0.15) is 0 Å². The molecule has 1 amide bonds. The number of hydrogen-bond donors (Lipinski definition) is 2. The van der Waals surface area contributed by atoms with Gasteiger partial charge in [-0.15, -0.1) is 0 Å². The van der Waals surface area contributed by atoms with Crippen molar-refractivity contribution in [3.05, 3.63) is 17.7 Å². The minimum absolute atomic E-state index is 0.0107. The number of methoxy groups -OCH3 is 4. The van der Waals surface area contributed by atoms with Gasteiger partial charge in [0.2, 0.25) is 5.91 Å². The number of carbonyl (C=O) groups excluding carboxylic acids is 2. The Morgan fingerprint density at radius 1 is 1.04 bits per heavy atom. The topological polar surface area (TPSA) is 95.1 Å². The summed E-state index contributed by atoms with van der Waals surface area (Å²) in [6, 6.07) is 3.07. The Balaban J connectivity index is 2.90. The molecule has 0 atom stereocenters. The minimum atomic E-state index is -0.548. The van der Waals surface area contributed by atoms with Crippen LogP contribution in [0.3, 0.4) is 0 Å². The lowest BCUT2D eigenvalue weighted by molar-refractivity contribution is -0.119. The molecule has 1 aromatic rings. The van der Waals surface area contributed by atoms with E-state index in [0.29, 0.717) is 30.3 Å². The Hall–Kier alpha value is -2.48. The first-order valence-electron chi connectivity index (χ1n) is 6.91. The van der Waals surface area contributed by atoms with Crippen LogP contribution in [0.25, 0.3) is 0 Å². The largest absolute Gasteiger partial charge is 0.493 e. The lowest BCUT2D eigenvalue weighted by Crippen LogP contribution is -2.32. The summed E-state index contributed by atoms with van der Waals surface area (Å²) in [5.41, 5.74) is 0.659. The fourth-order valence-electron chi connectivity index (χ4n) is 1.83. The van der Waals surface area contributed by atoms with Gasteiger partial charge in [0, 0.05) is 25.8 Å². The molecule has 0 aromatic heterocycles. The molecule has 128 valence electrons. The Morgan fingerprint density at radius 2 is 1.70 bits per heavy atom. The third kappa shape index (κ3) is 5.33. The van der Waals surface area contributed by atoms with Crippen molar-refractivity contribution in [3.63, 3.8) is 0 Å². The quantitative estimate of drug-likeness (QED) is 0.508. The van der Waals surface area contributed by atoms with Gasteiger partial charge in [0.05, 0.1) is 45.7 Å². The van der Waals surface area contributed by atoms with Crippen molar-refractivity contribution < 1.29 is 28.5 Å². The summed E-state index contributed by atoms with van der Waals surface area (Å²) in [5, 5.41) is 5.56. The maximum atomic E-state index is 11.9. The molecule has 0 unspecified atom stereocenters. The van der Waals surface area contributed by atoms with Gasteiger partial charge < -0.3 is 29.6 Å². The van der Waals surface area contributed by atoms with Crippen molar-refractivity contribution >= 4 is 17.6 Å². The average Bonchev–Trinajstić information content (AvgIpc) is 2.58. The van der Waals surface area contributed by atoms with Crippen molar-refractivity contribution in [1.82, 2.24) is 5.32 Å². The van der Waals surface area contributed by atoms with E-state index in [1.54, 1.807) is 13.2 Å². The van der Waals surface area contributed by atoms with Crippen LogP contribution in [0.2, 0.25) is 0 Å². The fourth-order valence-corrected chi connectivity index (χ4v) is 1.83. The van der Waals surface area contributed by atoms with Crippen LogP contribution in [0.4, 0.5) is 5.69 Å². The van der Waals surface area contributed by atoms with Crippen LogP contribution in [-0.2, 0) is 14.3 Å². The zero-order valence-corrected chi connectivity index (χ0v) is 13.7. The van der Waals surface area contributed by atoms with E-state index < -0.39 is 5.97 Å². The Kier molecular flexibility index (Phi) is 7.69. The molecule has 1 aromatic carbocycles. The van der Waals surface area contributed by atoms with E-state index >= 15 is 0 Å². The number of carbonyl (C=O) groups is 2. The Bertz CT molecular complexity index is 547. The third-order valence-corrected chi connectivity index (χ3v) is 3.00. The fraction of sp³-hybridized carbons (Fsp3) is 0.467. The third-order valence-electron chi connectivity index (χ3n) is 3.00. The molecular formula is C15H22N2O6. The number of ether oxygens (including phenoxy) is 4.